The summed E-state index contributed by atoms with van der Waals surface area (Å²) in [6.07, 6.45) is 6.33. The van der Waals surface area contributed by atoms with Gasteiger partial charge in [-0.05, 0) is 31.0 Å². The van der Waals surface area contributed by atoms with E-state index in [2.05, 4.69) is 5.32 Å². The molecule has 1 amide bonds. The number of rotatable bonds is 6. The zero-order chi connectivity index (χ0) is 11.1. The molecule has 0 spiro atoms. The van der Waals surface area contributed by atoms with Crippen LogP contribution in [0.4, 0.5) is 0 Å². The van der Waals surface area contributed by atoms with Crippen LogP contribution in [0.3, 0.4) is 0 Å². The van der Waals surface area contributed by atoms with Gasteiger partial charge in [0.05, 0.1) is 0 Å². The minimum Gasteiger partial charge on any atom is -0.357 e. The number of amides is 1. The lowest BCUT2D eigenvalue weighted by atomic mass is 10.2. The molecular formula is C11H19N3O. The molecule has 1 aromatic rings. The van der Waals surface area contributed by atoms with Gasteiger partial charge in [0.25, 0.3) is 0 Å². The average molecular weight is 209 g/mol. The zero-order valence-electron chi connectivity index (χ0n) is 9.20. The molecule has 1 heterocycles. The van der Waals surface area contributed by atoms with Crippen LogP contribution >= 0.6 is 0 Å². The molecular weight excluding hydrogens is 190 g/mol. The third-order valence-corrected chi connectivity index (χ3v) is 2.24. The zero-order valence-corrected chi connectivity index (χ0v) is 9.20. The summed E-state index contributed by atoms with van der Waals surface area (Å²) in [4.78, 5) is 11.3. The van der Waals surface area contributed by atoms with Crippen LogP contribution in [0.25, 0.3) is 0 Å². The highest BCUT2D eigenvalue weighted by Gasteiger charge is 2.01. The summed E-state index contributed by atoms with van der Waals surface area (Å²) < 4.78 is 1.97. The maximum Gasteiger partial charge on any atom is 0.220 e. The first-order valence-electron chi connectivity index (χ1n) is 5.30. The highest BCUT2D eigenvalue weighted by Crippen LogP contribution is 1.99. The van der Waals surface area contributed by atoms with Crippen LogP contribution in [0.1, 0.15) is 24.8 Å². The van der Waals surface area contributed by atoms with E-state index in [1.165, 1.54) is 0 Å². The van der Waals surface area contributed by atoms with E-state index in [9.17, 15) is 4.79 Å². The van der Waals surface area contributed by atoms with Gasteiger partial charge < -0.3 is 15.6 Å². The van der Waals surface area contributed by atoms with Gasteiger partial charge in [0.2, 0.25) is 5.91 Å². The number of carbonyl (C=O) groups is 1. The molecule has 0 aliphatic carbocycles. The monoisotopic (exact) mass is 209 g/mol. The Bertz CT molecular complexity index is 307. The molecule has 0 aliphatic rings. The fraction of sp³-hybridized carbons (Fsp3) is 0.545. The largest absolute Gasteiger partial charge is 0.357 e. The molecule has 15 heavy (non-hydrogen) atoms. The summed E-state index contributed by atoms with van der Waals surface area (Å²) >= 11 is 0. The van der Waals surface area contributed by atoms with Gasteiger partial charge >= 0.3 is 0 Å². The van der Waals surface area contributed by atoms with Crippen molar-refractivity contribution in [2.45, 2.75) is 25.8 Å². The van der Waals surface area contributed by atoms with Crippen molar-refractivity contribution in [3.05, 3.63) is 24.0 Å². The van der Waals surface area contributed by atoms with Crippen molar-refractivity contribution < 1.29 is 4.79 Å². The predicted octanol–water partition coefficient (Wildman–Crippen LogP) is 0.770. The van der Waals surface area contributed by atoms with Gasteiger partial charge in [-0.3, -0.25) is 4.79 Å². The van der Waals surface area contributed by atoms with Gasteiger partial charge in [-0.1, -0.05) is 0 Å². The normalized spacial score (nSPS) is 10.3. The van der Waals surface area contributed by atoms with Crippen LogP contribution in [0.2, 0.25) is 0 Å². The number of nitrogens with two attached hydrogens (primary N) is 1. The summed E-state index contributed by atoms with van der Waals surface area (Å²) in [5.41, 5.74) is 6.48. The summed E-state index contributed by atoms with van der Waals surface area (Å²) in [5.74, 6) is 0.104. The van der Waals surface area contributed by atoms with E-state index < -0.39 is 0 Å². The van der Waals surface area contributed by atoms with Crippen molar-refractivity contribution in [2.24, 2.45) is 12.8 Å². The van der Waals surface area contributed by atoms with Crippen LogP contribution in [-0.2, 0) is 18.4 Å². The third kappa shape index (κ3) is 4.65. The summed E-state index contributed by atoms with van der Waals surface area (Å²) in [6, 6.07) is 2.00. The average Bonchev–Trinajstić information content (AvgIpc) is 2.62. The van der Waals surface area contributed by atoms with Crippen molar-refractivity contribution >= 4 is 5.91 Å². The van der Waals surface area contributed by atoms with Gasteiger partial charge in [-0.25, -0.2) is 0 Å². The number of hydrogen-bond acceptors (Lipinski definition) is 2. The minimum atomic E-state index is 0.104. The number of nitrogens with zero attached hydrogens (tertiary/aromatic N) is 1. The Balaban J connectivity index is 2.16. The molecule has 0 fully saturated rings. The topological polar surface area (TPSA) is 60.0 Å². The van der Waals surface area contributed by atoms with Crippen molar-refractivity contribution in [3.63, 3.8) is 0 Å². The SMILES string of the molecule is Cn1ccc(CNC(=O)CCCCN)c1. The second kappa shape index (κ2) is 6.24. The molecule has 4 nitrogen and oxygen atoms in total. The lowest BCUT2D eigenvalue weighted by Gasteiger charge is -2.02. The van der Waals surface area contributed by atoms with Crippen LogP contribution in [0.15, 0.2) is 18.5 Å². The predicted molar refractivity (Wildman–Crippen MR) is 60.2 cm³/mol. The van der Waals surface area contributed by atoms with Crippen molar-refractivity contribution in [3.8, 4) is 0 Å². The van der Waals surface area contributed by atoms with Crippen LogP contribution in [-0.4, -0.2) is 17.0 Å². The number of aryl methyl sites for hydroxylation is 1. The Morgan fingerprint density at radius 1 is 1.53 bits per heavy atom. The van der Waals surface area contributed by atoms with Crippen molar-refractivity contribution in [2.75, 3.05) is 6.54 Å². The highest BCUT2D eigenvalue weighted by atomic mass is 16.1. The molecule has 3 N–H and O–H groups in total. The standard InChI is InChI=1S/C11H19N3O/c1-14-7-5-10(9-14)8-13-11(15)4-2-3-6-12/h5,7,9H,2-4,6,8,12H2,1H3,(H,13,15). The molecule has 0 atom stereocenters. The van der Waals surface area contributed by atoms with Crippen molar-refractivity contribution in [1.82, 2.24) is 9.88 Å². The van der Waals surface area contributed by atoms with E-state index in [-0.39, 0.29) is 5.91 Å². The molecule has 1 rings (SSSR count). The van der Waals surface area contributed by atoms with Gasteiger partial charge in [0.15, 0.2) is 0 Å². The van der Waals surface area contributed by atoms with Gasteiger partial charge in [0.1, 0.15) is 0 Å². The molecule has 0 saturated heterocycles. The molecule has 1 aromatic heterocycles. The Hall–Kier alpha value is -1.29. The van der Waals surface area contributed by atoms with Crippen LogP contribution < -0.4 is 11.1 Å². The highest BCUT2D eigenvalue weighted by molar-refractivity contribution is 5.75. The first kappa shape index (κ1) is 11.8. The molecule has 0 radical (unpaired) electrons. The number of hydrogen-bond donors (Lipinski definition) is 2. The van der Waals surface area contributed by atoms with E-state index in [1.54, 1.807) is 0 Å². The molecule has 0 saturated carbocycles. The molecule has 84 valence electrons. The summed E-state index contributed by atoms with van der Waals surface area (Å²) in [7, 11) is 1.96. The minimum absolute atomic E-state index is 0.104. The van der Waals surface area contributed by atoms with E-state index in [0.29, 0.717) is 19.5 Å². The summed E-state index contributed by atoms with van der Waals surface area (Å²) in [5, 5.41) is 2.88. The molecule has 0 bridgehead atoms. The van der Waals surface area contributed by atoms with E-state index >= 15 is 0 Å². The van der Waals surface area contributed by atoms with E-state index in [4.69, 9.17) is 5.73 Å². The fourth-order valence-electron chi connectivity index (χ4n) is 1.38. The molecule has 0 aromatic carbocycles. The maximum absolute atomic E-state index is 11.3. The maximum atomic E-state index is 11.3. The second-order valence-electron chi connectivity index (χ2n) is 3.71. The number of nitrogens with one attached hydrogen (secondary N) is 1. The lowest BCUT2D eigenvalue weighted by Crippen LogP contribution is -2.22. The third-order valence-electron chi connectivity index (χ3n) is 2.24. The van der Waals surface area contributed by atoms with E-state index in [0.717, 1.165) is 18.4 Å². The Kier molecular flexibility index (Phi) is 4.90. The van der Waals surface area contributed by atoms with Crippen LogP contribution in [0.5, 0.6) is 0 Å². The van der Waals surface area contributed by atoms with E-state index in [1.807, 2.05) is 30.1 Å². The first-order valence-corrected chi connectivity index (χ1v) is 5.30. The fourth-order valence-corrected chi connectivity index (χ4v) is 1.38. The van der Waals surface area contributed by atoms with Crippen LogP contribution in [0, 0.1) is 0 Å². The smallest absolute Gasteiger partial charge is 0.220 e. The molecule has 0 unspecified atom stereocenters. The molecule has 0 aliphatic heterocycles. The van der Waals surface area contributed by atoms with Gasteiger partial charge in [-0.2, -0.15) is 0 Å². The Morgan fingerprint density at radius 3 is 2.93 bits per heavy atom. The number of carbonyl (C=O) groups excluding carboxylic acids is 1. The van der Waals surface area contributed by atoms with Gasteiger partial charge in [0, 0.05) is 32.4 Å². The first-order chi connectivity index (χ1) is 7.22. The second-order valence-corrected chi connectivity index (χ2v) is 3.71. The Labute approximate surface area is 90.5 Å². The summed E-state index contributed by atoms with van der Waals surface area (Å²) in [6.45, 7) is 1.27. The molecule has 4 heteroatoms. The number of unbranched alkanes of at least 4 members (excludes halogenated alkanes) is 1. The number of aromatic nitrogens is 1. The quantitative estimate of drug-likeness (QED) is 0.680. The van der Waals surface area contributed by atoms with Gasteiger partial charge in [-0.15, -0.1) is 0 Å². The lowest BCUT2D eigenvalue weighted by molar-refractivity contribution is -0.121. The van der Waals surface area contributed by atoms with Crippen molar-refractivity contribution in [1.29, 1.82) is 0 Å². The Morgan fingerprint density at radius 2 is 2.33 bits per heavy atom.